The van der Waals surface area contributed by atoms with Gasteiger partial charge < -0.3 is 10.5 Å². The number of hydrogen-bond acceptors (Lipinski definition) is 2. The number of nitrogens with two attached hydrogens (primary N) is 1. The SMILES string of the molecule is CCC12CC(C[C@H](N)C1)c1ccccc1O2. The van der Waals surface area contributed by atoms with Crippen LogP contribution in [0.15, 0.2) is 24.3 Å². The van der Waals surface area contributed by atoms with Gasteiger partial charge in [0.05, 0.1) is 0 Å². The molecular formula is C14H19NO. The predicted octanol–water partition coefficient (Wildman–Crippen LogP) is 2.82. The molecule has 1 aromatic carbocycles. The van der Waals surface area contributed by atoms with Crippen LogP contribution in [0.25, 0.3) is 0 Å². The number of ether oxygens (including phenoxy) is 1. The van der Waals surface area contributed by atoms with Gasteiger partial charge in [0.15, 0.2) is 0 Å². The van der Waals surface area contributed by atoms with Crippen molar-refractivity contribution in [3.63, 3.8) is 0 Å². The molecule has 16 heavy (non-hydrogen) atoms. The third-order valence-corrected chi connectivity index (χ3v) is 4.17. The summed E-state index contributed by atoms with van der Waals surface area (Å²) in [7, 11) is 0. The first-order valence-electron chi connectivity index (χ1n) is 6.26. The van der Waals surface area contributed by atoms with E-state index in [0.29, 0.717) is 12.0 Å². The molecule has 1 aliphatic heterocycles. The van der Waals surface area contributed by atoms with Gasteiger partial charge in [0.1, 0.15) is 11.4 Å². The Kier molecular flexibility index (Phi) is 2.21. The quantitative estimate of drug-likeness (QED) is 0.785. The highest BCUT2D eigenvalue weighted by Crippen LogP contribution is 2.49. The van der Waals surface area contributed by atoms with Crippen LogP contribution in [-0.4, -0.2) is 11.6 Å². The molecule has 1 saturated carbocycles. The fourth-order valence-corrected chi connectivity index (χ4v) is 3.37. The molecule has 2 N–H and O–H groups in total. The van der Waals surface area contributed by atoms with Crippen molar-refractivity contribution in [1.29, 1.82) is 0 Å². The molecule has 0 amide bonds. The average Bonchev–Trinajstić information content (AvgIpc) is 2.28. The van der Waals surface area contributed by atoms with E-state index in [4.69, 9.17) is 10.5 Å². The van der Waals surface area contributed by atoms with E-state index in [-0.39, 0.29) is 5.60 Å². The van der Waals surface area contributed by atoms with Crippen LogP contribution in [0.1, 0.15) is 44.1 Å². The number of fused-ring (bicyclic) bond motifs is 4. The number of para-hydroxylation sites is 1. The van der Waals surface area contributed by atoms with Crippen molar-refractivity contribution in [2.45, 2.75) is 50.2 Å². The third-order valence-electron chi connectivity index (χ3n) is 4.17. The molecule has 2 heteroatoms. The van der Waals surface area contributed by atoms with Crippen LogP contribution < -0.4 is 10.5 Å². The van der Waals surface area contributed by atoms with Crippen LogP contribution in [-0.2, 0) is 0 Å². The Hall–Kier alpha value is -1.02. The molecule has 1 aliphatic carbocycles. The first-order chi connectivity index (χ1) is 7.72. The average molecular weight is 217 g/mol. The fraction of sp³-hybridized carbons (Fsp3) is 0.571. The smallest absolute Gasteiger partial charge is 0.123 e. The Morgan fingerprint density at radius 1 is 1.38 bits per heavy atom. The van der Waals surface area contributed by atoms with Crippen molar-refractivity contribution in [3.05, 3.63) is 29.8 Å². The lowest BCUT2D eigenvalue weighted by Gasteiger charge is -2.47. The van der Waals surface area contributed by atoms with E-state index in [0.717, 1.165) is 31.4 Å². The fourth-order valence-electron chi connectivity index (χ4n) is 3.37. The van der Waals surface area contributed by atoms with E-state index in [1.165, 1.54) is 5.56 Å². The van der Waals surface area contributed by atoms with Crippen LogP contribution in [0.2, 0.25) is 0 Å². The zero-order valence-electron chi connectivity index (χ0n) is 9.78. The molecule has 1 aromatic rings. The number of rotatable bonds is 1. The molecule has 0 saturated heterocycles. The summed E-state index contributed by atoms with van der Waals surface area (Å²) in [6, 6.07) is 8.75. The van der Waals surface area contributed by atoms with E-state index in [1.807, 2.05) is 0 Å². The maximum atomic E-state index is 6.23. The molecule has 2 bridgehead atoms. The summed E-state index contributed by atoms with van der Waals surface area (Å²) >= 11 is 0. The van der Waals surface area contributed by atoms with Crippen molar-refractivity contribution in [1.82, 2.24) is 0 Å². The first-order valence-corrected chi connectivity index (χ1v) is 6.26. The zero-order valence-corrected chi connectivity index (χ0v) is 9.78. The van der Waals surface area contributed by atoms with E-state index in [2.05, 4.69) is 31.2 Å². The summed E-state index contributed by atoms with van der Waals surface area (Å²) in [4.78, 5) is 0. The van der Waals surface area contributed by atoms with Crippen molar-refractivity contribution in [3.8, 4) is 5.75 Å². The highest BCUT2D eigenvalue weighted by molar-refractivity contribution is 5.40. The van der Waals surface area contributed by atoms with Gasteiger partial charge in [-0.1, -0.05) is 25.1 Å². The molecular weight excluding hydrogens is 198 g/mol. The Morgan fingerprint density at radius 2 is 2.19 bits per heavy atom. The van der Waals surface area contributed by atoms with Crippen LogP contribution in [0.3, 0.4) is 0 Å². The lowest BCUT2D eigenvalue weighted by molar-refractivity contribution is -0.00599. The Labute approximate surface area is 96.8 Å². The van der Waals surface area contributed by atoms with Crippen molar-refractivity contribution in [2.75, 3.05) is 0 Å². The largest absolute Gasteiger partial charge is 0.487 e. The summed E-state index contributed by atoms with van der Waals surface area (Å²) in [5.41, 5.74) is 7.54. The molecule has 0 aromatic heterocycles. The summed E-state index contributed by atoms with van der Waals surface area (Å²) in [6.45, 7) is 2.21. The molecule has 1 heterocycles. The van der Waals surface area contributed by atoms with Crippen LogP contribution in [0, 0.1) is 0 Å². The van der Waals surface area contributed by atoms with Gasteiger partial charge >= 0.3 is 0 Å². The molecule has 2 unspecified atom stereocenters. The van der Waals surface area contributed by atoms with Crippen molar-refractivity contribution >= 4 is 0 Å². The Morgan fingerprint density at radius 3 is 3.00 bits per heavy atom. The Bertz CT molecular complexity index is 403. The molecule has 86 valence electrons. The van der Waals surface area contributed by atoms with Crippen LogP contribution in [0.5, 0.6) is 5.75 Å². The van der Waals surface area contributed by atoms with E-state index < -0.39 is 0 Å². The normalized spacial score (nSPS) is 36.4. The standard InChI is InChI=1S/C14H19NO/c1-2-14-8-10(7-11(15)9-14)12-5-3-4-6-13(12)16-14/h3-6,10-11H,2,7-9,15H2,1H3/t10?,11-,14?/m0/s1. The molecule has 2 aliphatic rings. The van der Waals surface area contributed by atoms with Gasteiger partial charge in [-0.05, 0) is 36.8 Å². The topological polar surface area (TPSA) is 35.2 Å². The van der Waals surface area contributed by atoms with Crippen LogP contribution >= 0.6 is 0 Å². The molecule has 3 rings (SSSR count). The molecule has 0 spiro atoms. The maximum Gasteiger partial charge on any atom is 0.123 e. The minimum Gasteiger partial charge on any atom is -0.487 e. The number of benzene rings is 1. The molecule has 0 radical (unpaired) electrons. The summed E-state index contributed by atoms with van der Waals surface area (Å²) < 4.78 is 6.23. The second-order valence-electron chi connectivity index (χ2n) is 5.28. The van der Waals surface area contributed by atoms with Gasteiger partial charge in [0.25, 0.3) is 0 Å². The van der Waals surface area contributed by atoms with Gasteiger partial charge in [-0.2, -0.15) is 0 Å². The zero-order chi connectivity index (χ0) is 11.2. The van der Waals surface area contributed by atoms with Crippen molar-refractivity contribution in [2.24, 2.45) is 5.73 Å². The van der Waals surface area contributed by atoms with Gasteiger partial charge in [-0.15, -0.1) is 0 Å². The van der Waals surface area contributed by atoms with Gasteiger partial charge in [-0.25, -0.2) is 0 Å². The maximum absolute atomic E-state index is 6.23. The summed E-state index contributed by atoms with van der Waals surface area (Å²) in [5, 5.41) is 0. The molecule has 1 fully saturated rings. The lowest BCUT2D eigenvalue weighted by Crippen LogP contribution is -2.50. The highest BCUT2D eigenvalue weighted by Gasteiger charge is 2.44. The minimum absolute atomic E-state index is 0.0106. The predicted molar refractivity (Wildman–Crippen MR) is 64.7 cm³/mol. The summed E-state index contributed by atoms with van der Waals surface area (Å²) in [6.07, 6.45) is 4.33. The lowest BCUT2D eigenvalue weighted by atomic mass is 9.70. The third kappa shape index (κ3) is 1.44. The van der Waals surface area contributed by atoms with Gasteiger partial charge in [0, 0.05) is 12.5 Å². The van der Waals surface area contributed by atoms with E-state index in [1.54, 1.807) is 0 Å². The molecule has 3 atom stereocenters. The summed E-state index contributed by atoms with van der Waals surface area (Å²) in [5.74, 6) is 1.70. The van der Waals surface area contributed by atoms with Crippen LogP contribution in [0.4, 0.5) is 0 Å². The van der Waals surface area contributed by atoms with Gasteiger partial charge in [-0.3, -0.25) is 0 Å². The van der Waals surface area contributed by atoms with E-state index >= 15 is 0 Å². The van der Waals surface area contributed by atoms with Gasteiger partial charge in [0.2, 0.25) is 0 Å². The second-order valence-corrected chi connectivity index (χ2v) is 5.28. The monoisotopic (exact) mass is 217 g/mol. The Balaban J connectivity index is 2.05. The second kappa shape index (κ2) is 3.49. The number of hydrogen-bond donors (Lipinski definition) is 1. The first kappa shape index (κ1) is 10.2. The highest BCUT2D eigenvalue weighted by atomic mass is 16.5. The molecule has 2 nitrogen and oxygen atoms in total. The minimum atomic E-state index is 0.0106. The van der Waals surface area contributed by atoms with Crippen molar-refractivity contribution < 1.29 is 4.74 Å². The van der Waals surface area contributed by atoms with E-state index in [9.17, 15) is 0 Å².